The van der Waals surface area contributed by atoms with Gasteiger partial charge in [0, 0.05) is 19.1 Å². The Morgan fingerprint density at radius 1 is 1.29 bits per heavy atom. The molecule has 1 heterocycles. The van der Waals surface area contributed by atoms with Crippen molar-refractivity contribution in [2.45, 2.75) is 58.3 Å². The van der Waals surface area contributed by atoms with Gasteiger partial charge in [0.1, 0.15) is 6.10 Å². The van der Waals surface area contributed by atoms with Crippen LogP contribution in [0.5, 0.6) is 0 Å². The topological polar surface area (TPSA) is 125 Å². The zero-order chi connectivity index (χ0) is 23.3. The fourth-order valence-corrected chi connectivity index (χ4v) is 3.85. The highest BCUT2D eigenvalue weighted by Gasteiger charge is 2.51. The Hall–Kier alpha value is -2.68. The summed E-state index contributed by atoms with van der Waals surface area (Å²) >= 11 is 0. The Morgan fingerprint density at radius 3 is 2.52 bits per heavy atom. The van der Waals surface area contributed by atoms with Gasteiger partial charge in [0.15, 0.2) is 12.2 Å². The lowest BCUT2D eigenvalue weighted by atomic mass is 9.80. The van der Waals surface area contributed by atoms with Crippen LogP contribution in [0.3, 0.4) is 0 Å². The summed E-state index contributed by atoms with van der Waals surface area (Å²) in [4.78, 5) is 49.4. The molecule has 0 saturated carbocycles. The number of carbonyl (C=O) groups is 4. The average Bonchev–Trinajstić information content (AvgIpc) is 2.99. The van der Waals surface area contributed by atoms with Crippen LogP contribution in [-0.4, -0.2) is 61.0 Å². The molecule has 1 aliphatic carbocycles. The SMILES string of the molecule is C=C1C(=O)O[C@@H]2C[C@H](CO)CC/C=C(/C(=O)OC)[C@@H](OC(C)=O)[C@@H](OC(=O)C(C)C)[C@@H]12. The molecule has 172 valence electrons. The van der Waals surface area contributed by atoms with Crippen LogP contribution >= 0.6 is 0 Å². The largest absolute Gasteiger partial charge is 0.466 e. The second kappa shape index (κ2) is 10.6. The number of aliphatic hydroxyl groups excluding tert-OH is 1. The third-order valence-electron chi connectivity index (χ3n) is 5.48. The lowest BCUT2D eigenvalue weighted by molar-refractivity contribution is -0.173. The van der Waals surface area contributed by atoms with E-state index in [4.69, 9.17) is 18.9 Å². The van der Waals surface area contributed by atoms with Crippen LogP contribution in [0.15, 0.2) is 23.8 Å². The van der Waals surface area contributed by atoms with E-state index in [-0.39, 0.29) is 23.7 Å². The van der Waals surface area contributed by atoms with Crippen molar-refractivity contribution in [2.75, 3.05) is 13.7 Å². The number of hydrogen-bond acceptors (Lipinski definition) is 9. The molecule has 0 aromatic rings. The molecule has 2 rings (SSSR count). The second-order valence-electron chi connectivity index (χ2n) is 8.09. The second-order valence-corrected chi connectivity index (χ2v) is 8.09. The smallest absolute Gasteiger partial charge is 0.337 e. The number of fused-ring (bicyclic) bond motifs is 1. The highest BCUT2D eigenvalue weighted by Crippen LogP contribution is 2.39. The highest BCUT2D eigenvalue weighted by molar-refractivity contribution is 5.92. The maximum Gasteiger partial charge on any atom is 0.337 e. The van der Waals surface area contributed by atoms with E-state index in [2.05, 4.69) is 6.58 Å². The van der Waals surface area contributed by atoms with Crippen molar-refractivity contribution >= 4 is 23.9 Å². The highest BCUT2D eigenvalue weighted by atomic mass is 16.6. The molecule has 5 atom stereocenters. The van der Waals surface area contributed by atoms with Crippen LogP contribution in [0.1, 0.15) is 40.0 Å². The number of rotatable bonds is 5. The van der Waals surface area contributed by atoms with Gasteiger partial charge in [0.25, 0.3) is 0 Å². The minimum absolute atomic E-state index is 0.0104. The first kappa shape index (κ1) is 24.6. The summed E-state index contributed by atoms with van der Waals surface area (Å²) in [5.74, 6) is -4.36. The van der Waals surface area contributed by atoms with Crippen LogP contribution in [0.25, 0.3) is 0 Å². The standard InChI is InChI=1S/C22H30O9/c1-11(2)20(25)31-19-17-12(3)21(26)30-16(17)9-14(10-23)7-6-8-15(22(27)28-5)18(19)29-13(4)24/h8,11,14,16-19,23H,3,6-7,9-10H2,1-2,4-5H3/b15-8+/t14-,16-,17+,18-,19+/m1/s1. The summed E-state index contributed by atoms with van der Waals surface area (Å²) in [5.41, 5.74) is 0.0360. The molecule has 2 aliphatic rings. The summed E-state index contributed by atoms with van der Waals surface area (Å²) in [7, 11) is 1.18. The van der Waals surface area contributed by atoms with Crippen molar-refractivity contribution < 1.29 is 43.2 Å². The molecule has 0 spiro atoms. The molecular formula is C22H30O9. The summed E-state index contributed by atoms with van der Waals surface area (Å²) in [6, 6.07) is 0. The fourth-order valence-electron chi connectivity index (χ4n) is 3.85. The van der Waals surface area contributed by atoms with Gasteiger partial charge in [-0.05, 0) is 25.2 Å². The molecule has 0 aromatic heterocycles. The zero-order valence-electron chi connectivity index (χ0n) is 18.3. The fraction of sp³-hybridized carbons (Fsp3) is 0.636. The number of allylic oxidation sites excluding steroid dienone is 1. The van der Waals surface area contributed by atoms with Crippen LogP contribution in [-0.2, 0) is 38.1 Å². The van der Waals surface area contributed by atoms with Gasteiger partial charge in [-0.3, -0.25) is 9.59 Å². The predicted molar refractivity (Wildman–Crippen MR) is 107 cm³/mol. The van der Waals surface area contributed by atoms with E-state index >= 15 is 0 Å². The average molecular weight is 438 g/mol. The number of hydrogen-bond donors (Lipinski definition) is 1. The van der Waals surface area contributed by atoms with Gasteiger partial charge in [-0.15, -0.1) is 0 Å². The van der Waals surface area contributed by atoms with Gasteiger partial charge < -0.3 is 24.1 Å². The number of aliphatic hydroxyl groups is 1. The third kappa shape index (κ3) is 5.72. The summed E-state index contributed by atoms with van der Waals surface area (Å²) < 4.78 is 21.5. The van der Waals surface area contributed by atoms with Crippen molar-refractivity contribution in [3.05, 3.63) is 23.8 Å². The van der Waals surface area contributed by atoms with Gasteiger partial charge in [-0.1, -0.05) is 26.5 Å². The number of methoxy groups -OCH3 is 1. The summed E-state index contributed by atoms with van der Waals surface area (Å²) in [5, 5.41) is 9.77. The number of esters is 4. The molecule has 1 N–H and O–H groups in total. The Labute approximate surface area is 181 Å². The van der Waals surface area contributed by atoms with Crippen LogP contribution in [0.2, 0.25) is 0 Å². The number of carbonyl (C=O) groups excluding carboxylic acids is 4. The predicted octanol–water partition coefficient (Wildman–Crippen LogP) is 1.48. The molecular weight excluding hydrogens is 408 g/mol. The zero-order valence-corrected chi connectivity index (χ0v) is 18.3. The number of ether oxygens (including phenoxy) is 4. The molecule has 0 unspecified atom stereocenters. The molecule has 0 bridgehead atoms. The summed E-state index contributed by atoms with van der Waals surface area (Å²) in [6.07, 6.45) is -0.618. The van der Waals surface area contributed by atoms with E-state index in [9.17, 15) is 24.3 Å². The minimum atomic E-state index is -1.32. The van der Waals surface area contributed by atoms with E-state index in [1.807, 2.05) is 0 Å². The van der Waals surface area contributed by atoms with Crippen molar-refractivity contribution in [3.8, 4) is 0 Å². The first-order valence-corrected chi connectivity index (χ1v) is 10.3. The molecule has 1 saturated heterocycles. The van der Waals surface area contributed by atoms with Crippen LogP contribution in [0.4, 0.5) is 0 Å². The molecule has 0 aromatic carbocycles. The van der Waals surface area contributed by atoms with Crippen molar-refractivity contribution in [3.63, 3.8) is 0 Å². The van der Waals surface area contributed by atoms with E-state index in [1.165, 1.54) is 14.0 Å². The third-order valence-corrected chi connectivity index (χ3v) is 5.48. The molecule has 1 aliphatic heterocycles. The Bertz CT molecular complexity index is 767. The van der Waals surface area contributed by atoms with Crippen molar-refractivity contribution in [1.29, 1.82) is 0 Å². The van der Waals surface area contributed by atoms with Crippen LogP contribution < -0.4 is 0 Å². The van der Waals surface area contributed by atoms with Gasteiger partial charge >= 0.3 is 23.9 Å². The summed E-state index contributed by atoms with van der Waals surface area (Å²) in [6.45, 7) is 8.07. The van der Waals surface area contributed by atoms with Gasteiger partial charge in [0.05, 0.1) is 24.5 Å². The lowest BCUT2D eigenvalue weighted by Gasteiger charge is -2.35. The van der Waals surface area contributed by atoms with Crippen LogP contribution in [0, 0.1) is 17.8 Å². The van der Waals surface area contributed by atoms with Gasteiger partial charge in [-0.2, -0.15) is 0 Å². The van der Waals surface area contributed by atoms with Crippen molar-refractivity contribution in [1.82, 2.24) is 0 Å². The Balaban J connectivity index is 2.66. The Kier molecular flexibility index (Phi) is 8.38. The van der Waals surface area contributed by atoms with Crippen molar-refractivity contribution in [2.24, 2.45) is 17.8 Å². The molecule has 9 heteroatoms. The molecule has 1 fully saturated rings. The monoisotopic (exact) mass is 438 g/mol. The van der Waals surface area contributed by atoms with E-state index in [0.29, 0.717) is 19.3 Å². The first-order chi connectivity index (χ1) is 14.6. The lowest BCUT2D eigenvalue weighted by Crippen LogP contribution is -2.47. The van der Waals surface area contributed by atoms with Gasteiger partial charge in [0.2, 0.25) is 0 Å². The first-order valence-electron chi connectivity index (χ1n) is 10.3. The quantitative estimate of drug-likeness (QED) is 0.386. The van der Waals surface area contributed by atoms with E-state index < -0.39 is 54.0 Å². The Morgan fingerprint density at radius 2 is 1.97 bits per heavy atom. The maximum atomic E-state index is 12.6. The molecule has 0 radical (unpaired) electrons. The van der Waals surface area contributed by atoms with Gasteiger partial charge in [-0.25, -0.2) is 9.59 Å². The minimum Gasteiger partial charge on any atom is -0.466 e. The molecule has 31 heavy (non-hydrogen) atoms. The molecule has 9 nitrogen and oxygen atoms in total. The normalized spacial score (nSPS) is 30.5. The maximum absolute atomic E-state index is 12.6. The van der Waals surface area contributed by atoms with E-state index in [0.717, 1.165) is 0 Å². The van der Waals surface area contributed by atoms with E-state index in [1.54, 1.807) is 19.9 Å². The molecule has 0 amide bonds.